The molecule has 0 spiro atoms. The molecule has 1 aliphatic rings. The molecule has 0 amide bonds. The average molecular weight is 256 g/mol. The van der Waals surface area contributed by atoms with Crippen LogP contribution in [0, 0.1) is 6.92 Å². The van der Waals surface area contributed by atoms with Crippen molar-refractivity contribution in [2.24, 2.45) is 0 Å². The van der Waals surface area contributed by atoms with Gasteiger partial charge in [-0.15, -0.1) is 0 Å². The van der Waals surface area contributed by atoms with Gasteiger partial charge in [0.15, 0.2) is 0 Å². The van der Waals surface area contributed by atoms with E-state index in [1.807, 2.05) is 0 Å². The van der Waals surface area contributed by atoms with E-state index < -0.39 is 0 Å². The van der Waals surface area contributed by atoms with Crippen LogP contribution in [0.1, 0.15) is 16.7 Å². The summed E-state index contributed by atoms with van der Waals surface area (Å²) < 4.78 is 0. The molecule has 0 atom stereocenters. The van der Waals surface area contributed by atoms with Crippen LogP contribution in [0.2, 0.25) is 0 Å². The van der Waals surface area contributed by atoms with Crippen molar-refractivity contribution in [3.05, 3.63) is 77.4 Å². The minimum Gasteiger partial charge on any atom is -0.0795 e. The van der Waals surface area contributed by atoms with Crippen LogP contribution in [0.15, 0.2) is 60.7 Å². The molecule has 20 heavy (non-hydrogen) atoms. The standard InChI is InChI=1S/C20H16/c1-14-12-16-8-5-10-18(16)20(13-14)19-11-4-7-15-6-2-3-9-17(15)19/h2-9,11-13H,10H2,1H3. The highest BCUT2D eigenvalue weighted by molar-refractivity contribution is 5.98. The molecule has 0 aliphatic heterocycles. The second-order valence-electron chi connectivity index (χ2n) is 5.51. The number of allylic oxidation sites excluding steroid dienone is 1. The first-order valence-electron chi connectivity index (χ1n) is 7.11. The van der Waals surface area contributed by atoms with Crippen LogP contribution in [0.25, 0.3) is 28.0 Å². The number of rotatable bonds is 1. The van der Waals surface area contributed by atoms with E-state index in [0.717, 1.165) is 6.42 Å². The summed E-state index contributed by atoms with van der Waals surface area (Å²) in [7, 11) is 0. The summed E-state index contributed by atoms with van der Waals surface area (Å²) in [5, 5.41) is 2.65. The third kappa shape index (κ3) is 1.69. The smallest absolute Gasteiger partial charge is 0.00820 e. The molecule has 0 heterocycles. The lowest BCUT2D eigenvalue weighted by Gasteiger charge is -2.13. The van der Waals surface area contributed by atoms with E-state index in [9.17, 15) is 0 Å². The second kappa shape index (κ2) is 4.35. The van der Waals surface area contributed by atoms with Gasteiger partial charge in [-0.1, -0.05) is 66.7 Å². The molecule has 0 unspecified atom stereocenters. The lowest BCUT2D eigenvalue weighted by atomic mass is 9.91. The quantitative estimate of drug-likeness (QED) is 0.548. The van der Waals surface area contributed by atoms with Gasteiger partial charge in [-0.05, 0) is 51.9 Å². The Hall–Kier alpha value is -2.34. The number of benzene rings is 3. The average Bonchev–Trinajstić information content (AvgIpc) is 2.94. The van der Waals surface area contributed by atoms with Gasteiger partial charge < -0.3 is 0 Å². The van der Waals surface area contributed by atoms with E-state index >= 15 is 0 Å². The molecule has 0 radical (unpaired) electrons. The number of hydrogen-bond donors (Lipinski definition) is 0. The maximum atomic E-state index is 2.33. The molecule has 0 N–H and O–H groups in total. The zero-order valence-electron chi connectivity index (χ0n) is 11.6. The van der Waals surface area contributed by atoms with Crippen molar-refractivity contribution in [2.75, 3.05) is 0 Å². The minimum atomic E-state index is 1.05. The first-order valence-corrected chi connectivity index (χ1v) is 7.11. The fourth-order valence-corrected chi connectivity index (χ4v) is 3.23. The predicted octanol–water partition coefficient (Wildman–Crippen LogP) is 5.38. The highest BCUT2D eigenvalue weighted by Gasteiger charge is 2.14. The van der Waals surface area contributed by atoms with Gasteiger partial charge in [-0.3, -0.25) is 0 Å². The van der Waals surface area contributed by atoms with Gasteiger partial charge in [-0.2, -0.15) is 0 Å². The van der Waals surface area contributed by atoms with Crippen molar-refractivity contribution in [3.8, 4) is 11.1 Å². The second-order valence-corrected chi connectivity index (χ2v) is 5.51. The monoisotopic (exact) mass is 256 g/mol. The molecule has 0 fully saturated rings. The Balaban J connectivity index is 2.06. The van der Waals surface area contributed by atoms with E-state index in [0.29, 0.717) is 0 Å². The lowest BCUT2D eigenvalue weighted by molar-refractivity contribution is 1.29. The topological polar surface area (TPSA) is 0 Å². The summed E-state index contributed by atoms with van der Waals surface area (Å²) in [6.07, 6.45) is 5.56. The van der Waals surface area contributed by atoms with Crippen LogP contribution in [-0.2, 0) is 6.42 Å². The number of hydrogen-bond acceptors (Lipinski definition) is 0. The maximum Gasteiger partial charge on any atom is -0.00820 e. The molecule has 96 valence electrons. The summed E-state index contributed by atoms with van der Waals surface area (Å²) in [6, 6.07) is 19.8. The summed E-state index contributed by atoms with van der Waals surface area (Å²) in [6.45, 7) is 2.18. The molecule has 1 aliphatic carbocycles. The van der Waals surface area contributed by atoms with Gasteiger partial charge in [0.2, 0.25) is 0 Å². The van der Waals surface area contributed by atoms with E-state index in [1.54, 1.807) is 0 Å². The van der Waals surface area contributed by atoms with Crippen molar-refractivity contribution in [3.63, 3.8) is 0 Å². The van der Waals surface area contributed by atoms with Crippen LogP contribution in [0.4, 0.5) is 0 Å². The zero-order chi connectivity index (χ0) is 13.5. The highest BCUT2D eigenvalue weighted by atomic mass is 14.2. The molecule has 0 heteroatoms. The molecule has 0 bridgehead atoms. The fraction of sp³-hybridized carbons (Fsp3) is 0.100. The SMILES string of the molecule is Cc1cc2c(c(-c3cccc4ccccc34)c1)CC=C2. The van der Waals surface area contributed by atoms with Crippen LogP contribution >= 0.6 is 0 Å². The summed E-state index contributed by atoms with van der Waals surface area (Å²) in [4.78, 5) is 0. The van der Waals surface area contributed by atoms with E-state index in [-0.39, 0.29) is 0 Å². The van der Waals surface area contributed by atoms with Gasteiger partial charge in [0, 0.05) is 0 Å². The van der Waals surface area contributed by atoms with Crippen molar-refractivity contribution in [1.29, 1.82) is 0 Å². The molecular formula is C20H16. The van der Waals surface area contributed by atoms with Crippen LogP contribution < -0.4 is 0 Å². The van der Waals surface area contributed by atoms with E-state index in [2.05, 4.69) is 73.7 Å². The Morgan fingerprint density at radius 1 is 0.850 bits per heavy atom. The van der Waals surface area contributed by atoms with Crippen molar-refractivity contribution in [2.45, 2.75) is 13.3 Å². The first kappa shape index (κ1) is 11.5. The molecule has 0 aromatic heterocycles. The number of aryl methyl sites for hydroxylation is 1. The molecular weight excluding hydrogens is 240 g/mol. The van der Waals surface area contributed by atoms with E-state index in [4.69, 9.17) is 0 Å². The molecule has 0 saturated heterocycles. The molecule has 3 aromatic carbocycles. The molecule has 4 rings (SSSR count). The Morgan fingerprint density at radius 2 is 1.70 bits per heavy atom. The molecule has 0 saturated carbocycles. The van der Waals surface area contributed by atoms with Crippen LogP contribution in [0.5, 0.6) is 0 Å². The minimum absolute atomic E-state index is 1.05. The number of fused-ring (bicyclic) bond motifs is 2. The maximum absolute atomic E-state index is 2.33. The molecule has 3 aromatic rings. The predicted molar refractivity (Wildman–Crippen MR) is 86.9 cm³/mol. The van der Waals surface area contributed by atoms with Crippen molar-refractivity contribution in [1.82, 2.24) is 0 Å². The van der Waals surface area contributed by atoms with Gasteiger partial charge in [0.1, 0.15) is 0 Å². The Bertz CT molecular complexity index is 833. The first-order chi connectivity index (χ1) is 9.83. The Kier molecular flexibility index (Phi) is 2.50. The largest absolute Gasteiger partial charge is 0.0795 e. The molecule has 0 nitrogen and oxygen atoms in total. The van der Waals surface area contributed by atoms with E-state index in [1.165, 1.54) is 38.6 Å². The van der Waals surface area contributed by atoms with Gasteiger partial charge in [-0.25, -0.2) is 0 Å². The van der Waals surface area contributed by atoms with Crippen molar-refractivity contribution < 1.29 is 0 Å². The summed E-state index contributed by atoms with van der Waals surface area (Å²) in [5.41, 5.74) is 6.92. The summed E-state index contributed by atoms with van der Waals surface area (Å²) >= 11 is 0. The fourth-order valence-electron chi connectivity index (χ4n) is 3.23. The Labute approximate surface area is 119 Å². The van der Waals surface area contributed by atoms with Gasteiger partial charge in [0.25, 0.3) is 0 Å². The summed E-state index contributed by atoms with van der Waals surface area (Å²) in [5.74, 6) is 0. The lowest BCUT2D eigenvalue weighted by Crippen LogP contribution is -1.91. The van der Waals surface area contributed by atoms with Crippen LogP contribution in [0.3, 0.4) is 0 Å². The normalized spacial score (nSPS) is 12.8. The zero-order valence-corrected chi connectivity index (χ0v) is 11.6. The highest BCUT2D eigenvalue weighted by Crippen LogP contribution is 2.36. The Morgan fingerprint density at radius 3 is 2.65 bits per heavy atom. The van der Waals surface area contributed by atoms with Gasteiger partial charge in [0.05, 0.1) is 0 Å². The van der Waals surface area contributed by atoms with Crippen molar-refractivity contribution >= 4 is 16.8 Å². The third-order valence-electron chi connectivity index (χ3n) is 4.13. The van der Waals surface area contributed by atoms with Gasteiger partial charge >= 0.3 is 0 Å². The third-order valence-corrected chi connectivity index (χ3v) is 4.13. The van der Waals surface area contributed by atoms with Crippen LogP contribution in [-0.4, -0.2) is 0 Å².